The van der Waals surface area contributed by atoms with Crippen molar-refractivity contribution in [2.45, 2.75) is 82.3 Å². The lowest BCUT2D eigenvalue weighted by molar-refractivity contribution is -0.148. The van der Waals surface area contributed by atoms with Crippen molar-refractivity contribution in [1.82, 2.24) is 20.4 Å². The lowest BCUT2D eigenvalue weighted by atomic mass is 9.81. The van der Waals surface area contributed by atoms with Gasteiger partial charge in [-0.2, -0.15) is 0 Å². The fourth-order valence-electron chi connectivity index (χ4n) is 5.69. The Labute approximate surface area is 223 Å². The number of nitrogens with zero attached hydrogens (tertiary/aromatic N) is 2. The Morgan fingerprint density at radius 1 is 1.16 bits per heavy atom. The minimum Gasteiger partial charge on any atom is -0.393 e. The molecule has 2 aliphatic heterocycles. The van der Waals surface area contributed by atoms with Gasteiger partial charge in [0.05, 0.1) is 18.8 Å². The lowest BCUT2D eigenvalue weighted by Gasteiger charge is -2.39. The summed E-state index contributed by atoms with van der Waals surface area (Å²) in [6.45, 7) is 4.66. The molecule has 1 aliphatic carbocycles. The maximum absolute atomic E-state index is 13.9. The minimum atomic E-state index is -1.13. The number of nitrogens with one attached hydrogen (secondary N) is 2. The number of aliphatic hydroxyl groups is 3. The van der Waals surface area contributed by atoms with E-state index < -0.39 is 61.1 Å². The van der Waals surface area contributed by atoms with Gasteiger partial charge in [0.25, 0.3) is 5.91 Å². The topological polar surface area (TPSA) is 204 Å². The summed E-state index contributed by atoms with van der Waals surface area (Å²) in [5.41, 5.74) is 12.6. The van der Waals surface area contributed by atoms with E-state index in [4.69, 9.17) is 16.2 Å². The second-order valence-corrected chi connectivity index (χ2v) is 10.9. The van der Waals surface area contributed by atoms with Gasteiger partial charge >= 0.3 is 0 Å². The molecule has 2 heterocycles. The number of carbonyl (C=O) groups is 3. The first-order valence-electron chi connectivity index (χ1n) is 13.3. The van der Waals surface area contributed by atoms with Gasteiger partial charge in [0, 0.05) is 32.8 Å². The molecule has 0 aromatic carbocycles. The number of rotatable bonds is 11. The van der Waals surface area contributed by atoms with Crippen LogP contribution in [0.4, 0.5) is 0 Å². The van der Waals surface area contributed by atoms with Crippen molar-refractivity contribution in [2.24, 2.45) is 23.3 Å². The van der Waals surface area contributed by atoms with Crippen LogP contribution < -0.4 is 22.1 Å². The summed E-state index contributed by atoms with van der Waals surface area (Å²) in [6, 6.07) is -2.24. The van der Waals surface area contributed by atoms with Crippen molar-refractivity contribution in [3.63, 3.8) is 0 Å². The van der Waals surface area contributed by atoms with Crippen LogP contribution in [0.5, 0.6) is 0 Å². The van der Waals surface area contributed by atoms with Crippen molar-refractivity contribution < 1.29 is 34.4 Å². The van der Waals surface area contributed by atoms with Crippen molar-refractivity contribution in [3.8, 4) is 0 Å². The number of likely N-dealkylation sites (tertiary alicyclic amines) is 1. The fraction of sp³-hybridized carbons (Fsp3) is 0.800. The summed E-state index contributed by atoms with van der Waals surface area (Å²) in [5.74, 6) is -1.88. The van der Waals surface area contributed by atoms with E-state index in [1.165, 1.54) is 12.0 Å². The molecule has 38 heavy (non-hydrogen) atoms. The fourth-order valence-corrected chi connectivity index (χ4v) is 5.69. The van der Waals surface area contributed by atoms with Gasteiger partial charge in [0.2, 0.25) is 11.8 Å². The number of ether oxygens (including phenoxy) is 1. The van der Waals surface area contributed by atoms with Crippen molar-refractivity contribution >= 4 is 17.7 Å². The Morgan fingerprint density at radius 2 is 1.84 bits per heavy atom. The molecule has 3 aliphatic rings. The van der Waals surface area contributed by atoms with Gasteiger partial charge in [0.15, 0.2) is 6.10 Å². The Bertz CT molecular complexity index is 880. The predicted molar refractivity (Wildman–Crippen MR) is 138 cm³/mol. The summed E-state index contributed by atoms with van der Waals surface area (Å²) >= 11 is 0. The lowest BCUT2D eigenvalue weighted by Crippen LogP contribution is -2.60. The molecular formula is C25H44N6O7. The molecule has 3 rings (SSSR count). The smallest absolute Gasteiger partial charge is 0.252 e. The highest BCUT2D eigenvalue weighted by Crippen LogP contribution is 2.40. The molecule has 13 nitrogen and oxygen atoms in total. The first kappa shape index (κ1) is 30.4. The Balaban J connectivity index is 1.74. The van der Waals surface area contributed by atoms with Gasteiger partial charge in [-0.25, -0.2) is 0 Å². The van der Waals surface area contributed by atoms with E-state index in [9.17, 15) is 29.7 Å². The summed E-state index contributed by atoms with van der Waals surface area (Å²) in [4.78, 5) is 43.3. The normalized spacial score (nSPS) is 29.3. The molecule has 0 radical (unpaired) electrons. The largest absolute Gasteiger partial charge is 0.393 e. The molecule has 0 bridgehead atoms. The number of hydrogen-bond donors (Lipinski definition) is 7. The first-order chi connectivity index (χ1) is 18.0. The van der Waals surface area contributed by atoms with Gasteiger partial charge in [-0.15, -0.1) is 0 Å². The van der Waals surface area contributed by atoms with E-state index in [-0.39, 0.29) is 30.6 Å². The zero-order chi connectivity index (χ0) is 28.1. The molecule has 0 aromatic rings. The van der Waals surface area contributed by atoms with Gasteiger partial charge < -0.3 is 47.1 Å². The summed E-state index contributed by atoms with van der Waals surface area (Å²) in [5, 5.41) is 35.7. The molecule has 0 spiro atoms. The van der Waals surface area contributed by atoms with Crippen molar-refractivity contribution in [2.75, 3.05) is 33.4 Å². The molecule has 9 N–H and O–H groups in total. The van der Waals surface area contributed by atoms with Gasteiger partial charge in [0.1, 0.15) is 18.4 Å². The Hall–Kier alpha value is -2.13. The third-order valence-electron chi connectivity index (χ3n) is 7.95. The summed E-state index contributed by atoms with van der Waals surface area (Å²) in [6.07, 6.45) is -0.197. The number of methoxy groups -OCH3 is 1. The molecule has 1 saturated heterocycles. The van der Waals surface area contributed by atoms with Gasteiger partial charge in [-0.3, -0.25) is 19.3 Å². The molecule has 1 saturated carbocycles. The van der Waals surface area contributed by atoms with Crippen LogP contribution in [0.1, 0.15) is 39.5 Å². The van der Waals surface area contributed by atoms with Crippen molar-refractivity contribution in [1.29, 1.82) is 0 Å². The molecule has 2 fully saturated rings. The van der Waals surface area contributed by atoms with Crippen LogP contribution in [0, 0.1) is 11.8 Å². The third-order valence-corrected chi connectivity index (χ3v) is 7.95. The average Bonchev–Trinajstić information content (AvgIpc) is 3.48. The highest BCUT2D eigenvalue weighted by Gasteiger charge is 2.52. The van der Waals surface area contributed by atoms with Crippen LogP contribution in [0.3, 0.4) is 0 Å². The molecular weight excluding hydrogens is 496 g/mol. The van der Waals surface area contributed by atoms with Crippen molar-refractivity contribution in [3.05, 3.63) is 11.6 Å². The van der Waals surface area contributed by atoms with Crippen LogP contribution in [-0.2, 0) is 19.1 Å². The third kappa shape index (κ3) is 6.89. The van der Waals surface area contributed by atoms with E-state index in [0.717, 1.165) is 5.57 Å². The number of nitrogens with two attached hydrogens (primary N) is 2. The van der Waals surface area contributed by atoms with Crippen LogP contribution in [-0.4, -0.2) is 119 Å². The van der Waals surface area contributed by atoms with Crippen LogP contribution >= 0.6 is 0 Å². The quantitative estimate of drug-likeness (QED) is 0.106. The molecule has 216 valence electrons. The van der Waals surface area contributed by atoms with Gasteiger partial charge in [-0.1, -0.05) is 25.5 Å². The SMILES string of the molecule is CO[C@@H](CO)C(=O)N[C@H](C(=O)N1[C@@H](C(=O)NCCC2=CCN(C(N)N)C2)C[C@H]2C[C@@H](O)[C@H](O)C[C@H]21)C(C)C. The van der Waals surface area contributed by atoms with E-state index in [1.807, 2.05) is 11.0 Å². The number of carbonyl (C=O) groups excluding carboxylic acids is 3. The number of hydrogen-bond acceptors (Lipinski definition) is 10. The monoisotopic (exact) mass is 540 g/mol. The van der Waals surface area contributed by atoms with Crippen LogP contribution in [0.2, 0.25) is 0 Å². The van der Waals surface area contributed by atoms with Crippen LogP contribution in [0.15, 0.2) is 11.6 Å². The maximum Gasteiger partial charge on any atom is 0.252 e. The predicted octanol–water partition coefficient (Wildman–Crippen LogP) is -2.81. The van der Waals surface area contributed by atoms with Crippen LogP contribution in [0.25, 0.3) is 0 Å². The first-order valence-corrected chi connectivity index (χ1v) is 13.3. The number of amides is 3. The summed E-state index contributed by atoms with van der Waals surface area (Å²) in [7, 11) is 1.29. The molecule has 3 amide bonds. The Kier molecular flexibility index (Phi) is 10.6. The van der Waals surface area contributed by atoms with E-state index >= 15 is 0 Å². The number of aliphatic hydroxyl groups excluding tert-OH is 3. The van der Waals surface area contributed by atoms with E-state index in [0.29, 0.717) is 32.5 Å². The second-order valence-electron chi connectivity index (χ2n) is 10.9. The molecule has 13 heteroatoms. The van der Waals surface area contributed by atoms with E-state index in [2.05, 4.69) is 10.6 Å². The maximum atomic E-state index is 13.9. The molecule has 0 unspecified atom stereocenters. The molecule has 0 aromatic heterocycles. The zero-order valence-electron chi connectivity index (χ0n) is 22.5. The average molecular weight is 541 g/mol. The number of fused-ring (bicyclic) bond motifs is 1. The van der Waals surface area contributed by atoms with Gasteiger partial charge in [-0.05, 0) is 37.5 Å². The second kappa shape index (κ2) is 13.3. The minimum absolute atomic E-state index is 0.138. The Morgan fingerprint density at radius 3 is 2.42 bits per heavy atom. The standard InChI is InChI=1S/C25H44N6O7/c1-13(2)21(29-23(36)20(12-32)38-3)24(37)31-16-10-19(34)18(33)9-15(16)8-17(31)22(35)28-6-4-14-5-7-30(11-14)25(26)27/h5,13,15-21,25,32-34H,4,6-12,26-27H2,1-3H3,(H,28,35)(H,29,36)/t15-,16+,17+,18+,19+,20-,21-/m0/s1. The highest BCUT2D eigenvalue weighted by molar-refractivity contribution is 5.93. The molecule has 7 atom stereocenters. The van der Waals surface area contributed by atoms with E-state index in [1.54, 1.807) is 13.8 Å². The summed E-state index contributed by atoms with van der Waals surface area (Å²) < 4.78 is 4.99. The zero-order valence-corrected chi connectivity index (χ0v) is 22.5. The highest BCUT2D eigenvalue weighted by atomic mass is 16.5.